The van der Waals surface area contributed by atoms with Gasteiger partial charge in [0.05, 0.1) is 0 Å². The van der Waals surface area contributed by atoms with Gasteiger partial charge in [0.25, 0.3) is 0 Å². The van der Waals surface area contributed by atoms with Gasteiger partial charge in [-0.15, -0.1) is 0 Å². The van der Waals surface area contributed by atoms with Gasteiger partial charge in [0.1, 0.15) is 0 Å². The van der Waals surface area contributed by atoms with Crippen molar-refractivity contribution in [2.45, 2.75) is 26.7 Å². The number of rotatable bonds is 3. The Labute approximate surface area is 46.2 Å². The summed E-state index contributed by atoms with van der Waals surface area (Å²) in [6.45, 7) is 7.91. The summed E-state index contributed by atoms with van der Waals surface area (Å²) in [5.74, 6) is 0.775. The molecule has 0 fully saturated rings. The lowest BCUT2D eigenvalue weighted by Crippen LogP contribution is -1.86. The highest BCUT2D eigenvalue weighted by Gasteiger charge is 1.91. The third kappa shape index (κ3) is 3.57. The van der Waals surface area contributed by atoms with Crippen molar-refractivity contribution in [1.29, 1.82) is 0 Å². The van der Waals surface area contributed by atoms with Crippen LogP contribution in [-0.2, 0) is 0 Å². The van der Waals surface area contributed by atoms with Crippen LogP contribution in [0.2, 0.25) is 0 Å². The fraction of sp³-hybridized carbons (Fsp3) is 0.714. The standard InChI is InChI=1S/C7H13/c1-4-6-7(3)5-2/h7H,1,5-6H2,2-3H3. The van der Waals surface area contributed by atoms with Crippen molar-refractivity contribution in [3.63, 3.8) is 0 Å². The van der Waals surface area contributed by atoms with E-state index in [1.54, 1.807) is 0 Å². The molecule has 0 heteroatoms. The Morgan fingerprint density at radius 3 is 2.43 bits per heavy atom. The summed E-state index contributed by atoms with van der Waals surface area (Å²) in [7, 11) is 0. The fourth-order valence-electron chi connectivity index (χ4n) is 0.391. The Morgan fingerprint density at radius 2 is 2.29 bits per heavy atom. The molecule has 1 radical (unpaired) electrons. The van der Waals surface area contributed by atoms with Gasteiger partial charge in [0.15, 0.2) is 0 Å². The molecule has 41 valence electrons. The van der Waals surface area contributed by atoms with Crippen LogP contribution in [0.4, 0.5) is 0 Å². The maximum absolute atomic E-state index is 3.52. The van der Waals surface area contributed by atoms with Gasteiger partial charge in [-0.1, -0.05) is 32.9 Å². The highest BCUT2D eigenvalue weighted by molar-refractivity contribution is 4.59. The summed E-state index contributed by atoms with van der Waals surface area (Å²) in [5, 5.41) is 0. The van der Waals surface area contributed by atoms with E-state index >= 15 is 0 Å². The van der Waals surface area contributed by atoms with E-state index in [0.29, 0.717) is 0 Å². The van der Waals surface area contributed by atoms with E-state index in [1.807, 2.05) is 0 Å². The normalized spacial score (nSPS) is 13.4. The van der Waals surface area contributed by atoms with Crippen LogP contribution in [0.3, 0.4) is 0 Å². The smallest absolute Gasteiger partial charge is 0.0256 e. The molecule has 1 unspecified atom stereocenters. The van der Waals surface area contributed by atoms with Gasteiger partial charge >= 0.3 is 0 Å². The molecule has 0 amide bonds. The molecule has 0 aliphatic carbocycles. The van der Waals surface area contributed by atoms with Crippen LogP contribution in [0.15, 0.2) is 6.58 Å². The molecule has 0 N–H and O–H groups in total. The molecule has 0 aromatic heterocycles. The lowest BCUT2D eigenvalue weighted by Gasteiger charge is -1.99. The van der Waals surface area contributed by atoms with Crippen LogP contribution < -0.4 is 0 Å². The molecule has 0 bridgehead atoms. The van der Waals surface area contributed by atoms with Crippen molar-refractivity contribution >= 4 is 0 Å². The monoisotopic (exact) mass is 97.1 g/mol. The van der Waals surface area contributed by atoms with E-state index in [9.17, 15) is 0 Å². The Balaban J connectivity index is 2.98. The van der Waals surface area contributed by atoms with Gasteiger partial charge in [-0.25, -0.2) is 0 Å². The number of allylic oxidation sites excluding steroid dienone is 1. The molecular formula is C7H13. The number of hydrogen-bond donors (Lipinski definition) is 0. The van der Waals surface area contributed by atoms with Crippen molar-refractivity contribution in [2.75, 3.05) is 0 Å². The second-order valence-electron chi connectivity index (χ2n) is 1.97. The molecule has 0 aromatic carbocycles. The van der Waals surface area contributed by atoms with Crippen LogP contribution >= 0.6 is 0 Å². The summed E-state index contributed by atoms with van der Waals surface area (Å²) in [6, 6.07) is 0. The van der Waals surface area contributed by atoms with Crippen LogP contribution in [0.1, 0.15) is 26.7 Å². The molecule has 0 aliphatic heterocycles. The van der Waals surface area contributed by atoms with Crippen LogP contribution in [0.5, 0.6) is 0 Å². The minimum atomic E-state index is 0.775. The lowest BCUT2D eigenvalue weighted by molar-refractivity contribution is 0.566. The molecule has 0 spiro atoms. The van der Waals surface area contributed by atoms with Gasteiger partial charge in [-0.3, -0.25) is 0 Å². The van der Waals surface area contributed by atoms with Crippen molar-refractivity contribution in [1.82, 2.24) is 0 Å². The average molecular weight is 97.2 g/mol. The first-order chi connectivity index (χ1) is 3.31. The summed E-state index contributed by atoms with van der Waals surface area (Å²) >= 11 is 0. The predicted molar refractivity (Wildman–Crippen MR) is 32.9 cm³/mol. The predicted octanol–water partition coefficient (Wildman–Crippen LogP) is 2.41. The molecule has 0 saturated heterocycles. The lowest BCUT2D eigenvalue weighted by atomic mass is 10.1. The summed E-state index contributed by atoms with van der Waals surface area (Å²) in [5.41, 5.74) is 0. The molecular weight excluding hydrogens is 84.1 g/mol. The SMILES string of the molecule is C=[C]CC(C)CC. The average Bonchev–Trinajstić information content (AvgIpc) is 1.68. The molecule has 0 nitrogen and oxygen atoms in total. The van der Waals surface area contributed by atoms with Crippen molar-refractivity contribution in [3.05, 3.63) is 12.7 Å². The first kappa shape index (κ1) is 6.74. The highest BCUT2D eigenvalue weighted by atomic mass is 14.0. The fourth-order valence-corrected chi connectivity index (χ4v) is 0.391. The summed E-state index contributed by atoms with van der Waals surface area (Å²) in [4.78, 5) is 0. The van der Waals surface area contributed by atoms with Crippen LogP contribution in [0, 0.1) is 12.0 Å². The van der Waals surface area contributed by atoms with E-state index < -0.39 is 0 Å². The largest absolute Gasteiger partial charge is 0.0956 e. The zero-order chi connectivity index (χ0) is 5.70. The van der Waals surface area contributed by atoms with Gasteiger partial charge in [0, 0.05) is 0 Å². The maximum atomic E-state index is 3.52. The van der Waals surface area contributed by atoms with Crippen molar-refractivity contribution in [2.24, 2.45) is 5.92 Å². The quantitative estimate of drug-likeness (QED) is 0.507. The van der Waals surface area contributed by atoms with Gasteiger partial charge in [0.2, 0.25) is 0 Å². The molecule has 0 aliphatic rings. The molecule has 7 heavy (non-hydrogen) atoms. The van der Waals surface area contributed by atoms with Crippen LogP contribution in [0.25, 0.3) is 0 Å². The number of hydrogen-bond acceptors (Lipinski definition) is 0. The van der Waals surface area contributed by atoms with Crippen LogP contribution in [-0.4, -0.2) is 0 Å². The highest BCUT2D eigenvalue weighted by Crippen LogP contribution is 2.04. The zero-order valence-corrected chi connectivity index (χ0v) is 5.20. The van der Waals surface area contributed by atoms with E-state index in [4.69, 9.17) is 0 Å². The Kier molecular flexibility index (Phi) is 3.77. The van der Waals surface area contributed by atoms with E-state index in [1.165, 1.54) is 6.42 Å². The van der Waals surface area contributed by atoms with E-state index in [0.717, 1.165) is 12.3 Å². The molecule has 0 rings (SSSR count). The third-order valence-corrected chi connectivity index (χ3v) is 1.19. The second kappa shape index (κ2) is 3.91. The molecule has 0 aromatic rings. The minimum Gasteiger partial charge on any atom is -0.0956 e. The van der Waals surface area contributed by atoms with Crippen molar-refractivity contribution in [3.8, 4) is 0 Å². The summed E-state index contributed by atoms with van der Waals surface area (Å²) < 4.78 is 0. The second-order valence-corrected chi connectivity index (χ2v) is 1.97. The molecule has 0 heterocycles. The first-order valence-electron chi connectivity index (χ1n) is 2.81. The van der Waals surface area contributed by atoms with Gasteiger partial charge in [-0.2, -0.15) is 0 Å². The Bertz CT molecular complexity index is 46.0. The first-order valence-corrected chi connectivity index (χ1v) is 2.81. The van der Waals surface area contributed by atoms with Gasteiger partial charge in [-0.05, 0) is 12.3 Å². The molecule has 0 saturated carbocycles. The van der Waals surface area contributed by atoms with E-state index in [2.05, 4.69) is 26.5 Å². The Morgan fingerprint density at radius 1 is 1.71 bits per heavy atom. The molecule has 1 atom stereocenters. The third-order valence-electron chi connectivity index (χ3n) is 1.19. The van der Waals surface area contributed by atoms with Crippen molar-refractivity contribution < 1.29 is 0 Å². The zero-order valence-electron chi connectivity index (χ0n) is 5.20. The van der Waals surface area contributed by atoms with Gasteiger partial charge < -0.3 is 0 Å². The maximum Gasteiger partial charge on any atom is -0.0256 e. The topological polar surface area (TPSA) is 0 Å². The Hall–Kier alpha value is -0.260. The van der Waals surface area contributed by atoms with E-state index in [-0.39, 0.29) is 0 Å². The summed E-state index contributed by atoms with van der Waals surface area (Å²) in [6.07, 6.45) is 5.15. The minimum absolute atomic E-state index is 0.775.